The molecule has 2 saturated carbocycles. The molecule has 7 nitrogen and oxygen atoms in total. The van der Waals surface area contributed by atoms with Gasteiger partial charge in [-0.05, 0) is 62.2 Å². The number of unbranched alkanes of at least 4 members (excludes halogenated alkanes) is 2. The Bertz CT molecular complexity index is 748. The van der Waals surface area contributed by atoms with Gasteiger partial charge in [-0.1, -0.05) is 71.4 Å². The van der Waals surface area contributed by atoms with Gasteiger partial charge in [0.15, 0.2) is 0 Å². The van der Waals surface area contributed by atoms with Crippen LogP contribution in [0.5, 0.6) is 0 Å². The summed E-state index contributed by atoms with van der Waals surface area (Å²) in [5.41, 5.74) is 0.317. The van der Waals surface area contributed by atoms with E-state index in [1.165, 1.54) is 84.2 Å². The molecule has 0 amide bonds. The molecule has 0 bridgehead atoms. The predicted molar refractivity (Wildman–Crippen MR) is 158 cm³/mol. The Kier molecular flexibility index (Phi) is 17.4. The first kappa shape index (κ1) is 34.5. The van der Waals surface area contributed by atoms with Gasteiger partial charge in [0, 0.05) is 13.0 Å². The summed E-state index contributed by atoms with van der Waals surface area (Å²) < 4.78 is 21.2. The standard InChI is InChI=1S/C33H56O7/c1-5-6-7-8-27-11-15-30(16-12-27)31-17-13-28(14-18-31)9-10-29(24-40-32(35)25(2)21-34)23-38-19-20-39-33(36)26(3)22-37-4/h27-31,34H,2-3,5-24H2,1,4H3. The minimum Gasteiger partial charge on any atom is -0.462 e. The molecule has 0 spiro atoms. The van der Waals surface area contributed by atoms with Crippen LogP contribution in [0.3, 0.4) is 0 Å². The summed E-state index contributed by atoms with van der Waals surface area (Å²) in [6.45, 7) is 10.2. The Morgan fingerprint density at radius 3 is 1.98 bits per heavy atom. The highest BCUT2D eigenvalue weighted by Crippen LogP contribution is 2.43. The molecule has 0 aromatic rings. The quantitative estimate of drug-likeness (QED) is 0.103. The minimum atomic E-state index is -0.571. The molecule has 2 rings (SSSR count). The first-order valence-corrected chi connectivity index (χ1v) is 15.7. The smallest absolute Gasteiger partial charge is 0.335 e. The van der Waals surface area contributed by atoms with Crippen molar-refractivity contribution >= 4 is 11.9 Å². The van der Waals surface area contributed by atoms with Crippen LogP contribution in [-0.4, -0.2) is 63.8 Å². The van der Waals surface area contributed by atoms with E-state index in [1.807, 2.05) is 0 Å². The van der Waals surface area contributed by atoms with Crippen molar-refractivity contribution < 1.29 is 33.6 Å². The first-order chi connectivity index (χ1) is 19.4. The summed E-state index contributed by atoms with van der Waals surface area (Å²) in [5, 5.41) is 9.15. The fourth-order valence-corrected chi connectivity index (χ4v) is 6.40. The summed E-state index contributed by atoms with van der Waals surface area (Å²) in [4.78, 5) is 23.8. The van der Waals surface area contributed by atoms with Gasteiger partial charge in [0.25, 0.3) is 0 Å². The molecule has 0 heterocycles. The molecule has 40 heavy (non-hydrogen) atoms. The van der Waals surface area contributed by atoms with E-state index in [0.717, 1.165) is 30.6 Å². The number of aliphatic hydroxyl groups is 1. The van der Waals surface area contributed by atoms with Gasteiger partial charge in [-0.25, -0.2) is 9.59 Å². The third-order valence-electron chi connectivity index (χ3n) is 9.00. The van der Waals surface area contributed by atoms with Gasteiger partial charge in [0.05, 0.1) is 44.2 Å². The maximum absolute atomic E-state index is 12.0. The normalized spacial score (nSPS) is 23.8. The number of ether oxygens (including phenoxy) is 4. The molecule has 7 heteroatoms. The van der Waals surface area contributed by atoms with Crippen molar-refractivity contribution in [3.05, 3.63) is 24.3 Å². The Morgan fingerprint density at radius 2 is 1.40 bits per heavy atom. The van der Waals surface area contributed by atoms with E-state index in [9.17, 15) is 9.59 Å². The SMILES string of the molecule is C=C(CO)C(=O)OCC(CCC1CCC(C2CCC(CCCCC)CC2)CC1)COCCOC(=O)C(=C)COC. The molecule has 0 aromatic heterocycles. The molecule has 0 saturated heterocycles. The Labute approximate surface area is 243 Å². The second-order valence-electron chi connectivity index (χ2n) is 12.1. The van der Waals surface area contributed by atoms with Crippen molar-refractivity contribution in [1.29, 1.82) is 0 Å². The third-order valence-corrected chi connectivity index (χ3v) is 9.00. The highest BCUT2D eigenvalue weighted by Gasteiger charge is 2.31. The molecule has 2 aliphatic carbocycles. The number of carbonyl (C=O) groups excluding carboxylic acids is 2. The molecule has 0 aromatic carbocycles. The average molecular weight is 565 g/mol. The second-order valence-corrected chi connectivity index (χ2v) is 12.1. The van der Waals surface area contributed by atoms with E-state index in [-0.39, 0.29) is 43.5 Å². The highest BCUT2D eigenvalue weighted by atomic mass is 16.6. The van der Waals surface area contributed by atoms with Crippen molar-refractivity contribution in [2.24, 2.45) is 29.6 Å². The van der Waals surface area contributed by atoms with Crippen LogP contribution in [0.4, 0.5) is 0 Å². The summed E-state index contributed by atoms with van der Waals surface area (Å²) in [5.74, 6) is 2.50. The maximum atomic E-state index is 12.0. The zero-order valence-corrected chi connectivity index (χ0v) is 25.3. The molecular formula is C33H56O7. The zero-order chi connectivity index (χ0) is 29.2. The van der Waals surface area contributed by atoms with Crippen molar-refractivity contribution in [1.82, 2.24) is 0 Å². The van der Waals surface area contributed by atoms with Crippen LogP contribution in [0, 0.1) is 29.6 Å². The van der Waals surface area contributed by atoms with Crippen LogP contribution in [0.25, 0.3) is 0 Å². The van der Waals surface area contributed by atoms with E-state index in [2.05, 4.69) is 20.1 Å². The van der Waals surface area contributed by atoms with Crippen LogP contribution < -0.4 is 0 Å². The summed E-state index contributed by atoms with van der Waals surface area (Å²) in [6.07, 6.45) is 18.6. The summed E-state index contributed by atoms with van der Waals surface area (Å²) >= 11 is 0. The molecule has 2 aliphatic rings. The van der Waals surface area contributed by atoms with Crippen LogP contribution in [0.1, 0.15) is 96.8 Å². The first-order valence-electron chi connectivity index (χ1n) is 15.7. The Morgan fingerprint density at radius 1 is 0.800 bits per heavy atom. The van der Waals surface area contributed by atoms with Gasteiger partial charge >= 0.3 is 11.9 Å². The molecule has 2 fully saturated rings. The molecule has 230 valence electrons. The number of hydrogen-bond acceptors (Lipinski definition) is 7. The monoisotopic (exact) mass is 564 g/mol. The number of methoxy groups -OCH3 is 1. The lowest BCUT2D eigenvalue weighted by Gasteiger charge is -2.38. The van der Waals surface area contributed by atoms with E-state index >= 15 is 0 Å². The van der Waals surface area contributed by atoms with Crippen molar-refractivity contribution in [3.63, 3.8) is 0 Å². The van der Waals surface area contributed by atoms with Crippen molar-refractivity contribution in [3.8, 4) is 0 Å². The second kappa shape index (κ2) is 20.2. The summed E-state index contributed by atoms with van der Waals surface area (Å²) in [6, 6.07) is 0. The van der Waals surface area contributed by atoms with Crippen LogP contribution in [0.15, 0.2) is 24.3 Å². The van der Waals surface area contributed by atoms with Gasteiger partial charge in [0.2, 0.25) is 0 Å². The Balaban J connectivity index is 1.71. The van der Waals surface area contributed by atoms with Gasteiger partial charge in [-0.2, -0.15) is 0 Å². The molecule has 1 unspecified atom stereocenters. The van der Waals surface area contributed by atoms with E-state index in [4.69, 9.17) is 24.1 Å². The number of aliphatic hydroxyl groups excluding tert-OH is 1. The lowest BCUT2D eigenvalue weighted by molar-refractivity contribution is -0.144. The topological polar surface area (TPSA) is 91.3 Å². The fourth-order valence-electron chi connectivity index (χ4n) is 6.40. The van der Waals surface area contributed by atoms with Gasteiger partial charge < -0.3 is 24.1 Å². The largest absolute Gasteiger partial charge is 0.462 e. The van der Waals surface area contributed by atoms with E-state index < -0.39 is 18.5 Å². The number of rotatable bonds is 20. The molecular weight excluding hydrogens is 508 g/mol. The molecule has 1 N–H and O–H groups in total. The summed E-state index contributed by atoms with van der Waals surface area (Å²) in [7, 11) is 1.50. The zero-order valence-electron chi connectivity index (χ0n) is 25.3. The van der Waals surface area contributed by atoms with Crippen molar-refractivity contribution in [2.45, 2.75) is 96.8 Å². The highest BCUT2D eigenvalue weighted by molar-refractivity contribution is 5.88. The van der Waals surface area contributed by atoms with Gasteiger partial charge in [-0.3, -0.25) is 0 Å². The van der Waals surface area contributed by atoms with Crippen LogP contribution in [-0.2, 0) is 28.5 Å². The minimum absolute atomic E-state index is 0.0373. The Hall–Kier alpha value is -1.70. The van der Waals surface area contributed by atoms with Gasteiger partial charge in [0.1, 0.15) is 6.61 Å². The lowest BCUT2D eigenvalue weighted by Crippen LogP contribution is -2.26. The maximum Gasteiger partial charge on any atom is 0.335 e. The third kappa shape index (κ3) is 13.3. The average Bonchev–Trinajstić information content (AvgIpc) is 2.98. The fraction of sp³-hybridized carbons (Fsp3) is 0.818. The molecule has 0 radical (unpaired) electrons. The van der Waals surface area contributed by atoms with E-state index in [1.54, 1.807) is 0 Å². The molecule has 0 aliphatic heterocycles. The predicted octanol–water partition coefficient (Wildman–Crippen LogP) is 6.43. The van der Waals surface area contributed by atoms with Crippen LogP contribution >= 0.6 is 0 Å². The molecule has 1 atom stereocenters. The number of hydrogen-bond donors (Lipinski definition) is 1. The van der Waals surface area contributed by atoms with Crippen LogP contribution in [0.2, 0.25) is 0 Å². The number of carbonyl (C=O) groups is 2. The lowest BCUT2D eigenvalue weighted by atomic mass is 9.68. The van der Waals surface area contributed by atoms with Crippen molar-refractivity contribution in [2.75, 3.05) is 46.8 Å². The number of esters is 2. The van der Waals surface area contributed by atoms with Gasteiger partial charge in [-0.15, -0.1) is 0 Å². The van der Waals surface area contributed by atoms with E-state index in [0.29, 0.717) is 12.5 Å².